The number of ether oxygens (including phenoxy) is 1. The lowest BCUT2D eigenvalue weighted by Gasteiger charge is -2.34. The molecule has 4 heterocycles. The fourth-order valence-electron chi connectivity index (χ4n) is 3.98. The van der Waals surface area contributed by atoms with Gasteiger partial charge in [0.25, 0.3) is 0 Å². The Kier molecular flexibility index (Phi) is 4.82. The number of anilines is 1. The van der Waals surface area contributed by atoms with E-state index in [1.807, 2.05) is 36.4 Å². The zero-order chi connectivity index (χ0) is 19.0. The van der Waals surface area contributed by atoms with Gasteiger partial charge >= 0.3 is 0 Å². The molecule has 0 aliphatic carbocycles. The van der Waals surface area contributed by atoms with E-state index in [2.05, 4.69) is 20.0 Å². The maximum Gasteiger partial charge on any atom is 0.247 e. The minimum absolute atomic E-state index is 0.0818. The van der Waals surface area contributed by atoms with Gasteiger partial charge in [-0.15, -0.1) is 0 Å². The Balaban J connectivity index is 1.53. The Morgan fingerprint density at radius 3 is 2.67 bits per heavy atom. The molecule has 8 nitrogen and oxygen atoms in total. The molecule has 2 aromatic rings. The Labute approximate surface area is 159 Å². The highest BCUT2D eigenvalue weighted by molar-refractivity contribution is 5.80. The van der Waals surface area contributed by atoms with E-state index >= 15 is 0 Å². The summed E-state index contributed by atoms with van der Waals surface area (Å²) < 4.78 is 7.26. The third kappa shape index (κ3) is 3.41. The molecule has 2 aliphatic rings. The van der Waals surface area contributed by atoms with Crippen molar-refractivity contribution in [2.75, 3.05) is 37.7 Å². The number of hydrogen-bond donors (Lipinski definition) is 0. The molecule has 27 heavy (non-hydrogen) atoms. The minimum Gasteiger partial charge on any atom is -0.378 e. The lowest BCUT2D eigenvalue weighted by Crippen LogP contribution is -2.42. The second-order valence-electron chi connectivity index (χ2n) is 7.28. The maximum atomic E-state index is 13.1. The van der Waals surface area contributed by atoms with Gasteiger partial charge < -0.3 is 14.5 Å². The van der Waals surface area contributed by atoms with Crippen LogP contribution in [-0.4, -0.2) is 63.4 Å². The summed E-state index contributed by atoms with van der Waals surface area (Å²) in [7, 11) is 0. The SMILES string of the molecule is Cc1cc(C)n(C(C)C(=O)N2CCc3c(ncnc3N3CCOCC3)C2)n1. The van der Waals surface area contributed by atoms with E-state index in [-0.39, 0.29) is 11.9 Å². The summed E-state index contributed by atoms with van der Waals surface area (Å²) in [5.41, 5.74) is 4.05. The van der Waals surface area contributed by atoms with Crippen molar-refractivity contribution < 1.29 is 9.53 Å². The molecule has 0 saturated carbocycles. The number of morpholine rings is 1. The molecule has 1 saturated heterocycles. The molecule has 144 valence electrons. The molecule has 4 rings (SSSR count). The van der Waals surface area contributed by atoms with E-state index in [9.17, 15) is 4.79 Å². The van der Waals surface area contributed by atoms with Gasteiger partial charge in [0.05, 0.1) is 31.1 Å². The van der Waals surface area contributed by atoms with Crippen molar-refractivity contribution in [1.29, 1.82) is 0 Å². The molecule has 0 spiro atoms. The number of aromatic nitrogens is 4. The molecule has 1 unspecified atom stereocenters. The van der Waals surface area contributed by atoms with Gasteiger partial charge in [0, 0.05) is 30.9 Å². The van der Waals surface area contributed by atoms with Crippen molar-refractivity contribution in [2.24, 2.45) is 0 Å². The van der Waals surface area contributed by atoms with E-state index in [1.165, 1.54) is 5.56 Å². The third-order valence-electron chi connectivity index (χ3n) is 5.38. The first-order chi connectivity index (χ1) is 13.0. The summed E-state index contributed by atoms with van der Waals surface area (Å²) in [5.74, 6) is 1.08. The second kappa shape index (κ2) is 7.26. The van der Waals surface area contributed by atoms with Crippen molar-refractivity contribution in [3.8, 4) is 0 Å². The highest BCUT2D eigenvalue weighted by Crippen LogP contribution is 2.27. The Bertz CT molecular complexity index is 843. The van der Waals surface area contributed by atoms with E-state index in [4.69, 9.17) is 4.74 Å². The fraction of sp³-hybridized carbons (Fsp3) is 0.579. The van der Waals surface area contributed by atoms with Crippen molar-refractivity contribution in [1.82, 2.24) is 24.6 Å². The van der Waals surface area contributed by atoms with E-state index < -0.39 is 0 Å². The maximum absolute atomic E-state index is 13.1. The molecule has 2 aromatic heterocycles. The van der Waals surface area contributed by atoms with E-state index in [0.717, 1.165) is 55.6 Å². The quantitative estimate of drug-likeness (QED) is 0.810. The number of amides is 1. The summed E-state index contributed by atoms with van der Waals surface area (Å²) in [6, 6.07) is 1.68. The van der Waals surface area contributed by atoms with Crippen LogP contribution < -0.4 is 4.90 Å². The lowest BCUT2D eigenvalue weighted by molar-refractivity contribution is -0.135. The van der Waals surface area contributed by atoms with E-state index in [0.29, 0.717) is 13.1 Å². The first-order valence-electron chi connectivity index (χ1n) is 9.51. The van der Waals surface area contributed by atoms with Crippen LogP contribution in [-0.2, 0) is 22.5 Å². The second-order valence-corrected chi connectivity index (χ2v) is 7.28. The average molecular weight is 370 g/mol. The fourth-order valence-corrected chi connectivity index (χ4v) is 3.98. The number of carbonyl (C=O) groups is 1. The number of rotatable bonds is 3. The van der Waals surface area contributed by atoms with Crippen LogP contribution in [0, 0.1) is 13.8 Å². The molecule has 1 atom stereocenters. The zero-order valence-electron chi connectivity index (χ0n) is 16.2. The molecule has 1 fully saturated rings. The largest absolute Gasteiger partial charge is 0.378 e. The van der Waals surface area contributed by atoms with Gasteiger partial charge in [-0.1, -0.05) is 0 Å². The molecule has 2 aliphatic heterocycles. The number of hydrogen-bond acceptors (Lipinski definition) is 6. The van der Waals surface area contributed by atoms with Crippen LogP contribution >= 0.6 is 0 Å². The smallest absolute Gasteiger partial charge is 0.247 e. The van der Waals surface area contributed by atoms with Gasteiger partial charge in [-0.3, -0.25) is 9.48 Å². The number of aryl methyl sites for hydroxylation is 2. The molecule has 8 heteroatoms. The van der Waals surface area contributed by atoms with Crippen LogP contribution in [0.2, 0.25) is 0 Å². The number of fused-ring (bicyclic) bond motifs is 1. The topological polar surface area (TPSA) is 76.4 Å². The Morgan fingerprint density at radius 2 is 1.96 bits per heavy atom. The summed E-state index contributed by atoms with van der Waals surface area (Å²) in [4.78, 5) is 26.2. The molecular weight excluding hydrogens is 344 g/mol. The van der Waals surface area contributed by atoms with Gasteiger partial charge in [-0.25, -0.2) is 9.97 Å². The normalized spacial score (nSPS) is 18.3. The monoisotopic (exact) mass is 370 g/mol. The summed E-state index contributed by atoms with van der Waals surface area (Å²) in [5, 5.41) is 4.47. The number of carbonyl (C=O) groups excluding carboxylic acids is 1. The van der Waals surface area contributed by atoms with Crippen LogP contribution in [0.4, 0.5) is 5.82 Å². The molecule has 0 aromatic carbocycles. The van der Waals surface area contributed by atoms with Crippen molar-refractivity contribution in [2.45, 2.75) is 39.8 Å². The molecular formula is C19H26N6O2. The average Bonchev–Trinajstić information content (AvgIpc) is 3.04. The van der Waals surface area contributed by atoms with E-state index in [1.54, 1.807) is 6.33 Å². The standard InChI is InChI=1S/C19H26N6O2/c1-13-10-14(2)25(22-13)15(3)19(26)24-5-4-16-17(11-24)20-12-21-18(16)23-6-8-27-9-7-23/h10,12,15H,4-9,11H2,1-3H3. The first kappa shape index (κ1) is 17.9. The lowest BCUT2D eigenvalue weighted by atomic mass is 10.0. The summed E-state index contributed by atoms with van der Waals surface area (Å²) in [6.45, 7) is 10.2. The van der Waals surface area contributed by atoms with Crippen molar-refractivity contribution in [3.63, 3.8) is 0 Å². The highest BCUT2D eigenvalue weighted by Gasteiger charge is 2.30. The summed E-state index contributed by atoms with van der Waals surface area (Å²) >= 11 is 0. The van der Waals surface area contributed by atoms with Crippen molar-refractivity contribution in [3.05, 3.63) is 35.0 Å². The predicted molar refractivity (Wildman–Crippen MR) is 101 cm³/mol. The van der Waals surface area contributed by atoms with Crippen molar-refractivity contribution >= 4 is 11.7 Å². The van der Waals surface area contributed by atoms with Crippen LogP contribution in [0.5, 0.6) is 0 Å². The van der Waals surface area contributed by atoms with Crippen LogP contribution in [0.3, 0.4) is 0 Å². The molecule has 0 radical (unpaired) electrons. The predicted octanol–water partition coefficient (Wildman–Crippen LogP) is 1.27. The highest BCUT2D eigenvalue weighted by atomic mass is 16.5. The Morgan fingerprint density at radius 1 is 1.19 bits per heavy atom. The molecule has 0 bridgehead atoms. The van der Waals surface area contributed by atoms with Gasteiger partial charge in [-0.05, 0) is 33.3 Å². The number of nitrogens with zero attached hydrogens (tertiary/aromatic N) is 6. The Hall–Kier alpha value is -2.48. The van der Waals surface area contributed by atoms with Gasteiger partial charge in [0.2, 0.25) is 5.91 Å². The zero-order valence-corrected chi connectivity index (χ0v) is 16.2. The minimum atomic E-state index is -0.319. The third-order valence-corrected chi connectivity index (χ3v) is 5.38. The van der Waals surface area contributed by atoms with Gasteiger partial charge in [0.1, 0.15) is 18.2 Å². The first-order valence-corrected chi connectivity index (χ1v) is 9.51. The van der Waals surface area contributed by atoms with Gasteiger partial charge in [0.15, 0.2) is 0 Å². The van der Waals surface area contributed by atoms with Crippen LogP contribution in [0.1, 0.15) is 35.6 Å². The van der Waals surface area contributed by atoms with Crippen LogP contribution in [0.15, 0.2) is 12.4 Å². The molecule has 1 amide bonds. The van der Waals surface area contributed by atoms with Crippen LogP contribution in [0.25, 0.3) is 0 Å². The summed E-state index contributed by atoms with van der Waals surface area (Å²) in [6.07, 6.45) is 2.39. The van der Waals surface area contributed by atoms with Gasteiger partial charge in [-0.2, -0.15) is 5.10 Å². The molecule has 0 N–H and O–H groups in total.